The SMILES string of the molecule is COc1ccc(S(=O)(=O)N(Cc2ccccc2)[C@@H](C(=O)OCc2ccccc2)C2CCN(C(=O)OC(C)(C)C)CC2)cc1. The van der Waals surface area contributed by atoms with Gasteiger partial charge in [-0.2, -0.15) is 4.31 Å². The molecule has 3 aromatic rings. The average Bonchev–Trinajstić information content (AvgIpc) is 3.00. The van der Waals surface area contributed by atoms with Crippen molar-refractivity contribution in [1.29, 1.82) is 0 Å². The van der Waals surface area contributed by atoms with E-state index in [1.54, 1.807) is 17.0 Å². The second kappa shape index (κ2) is 14.1. The fourth-order valence-electron chi connectivity index (χ4n) is 5.06. The molecule has 1 atom stereocenters. The summed E-state index contributed by atoms with van der Waals surface area (Å²) in [6.07, 6.45) is 0.364. The number of amides is 1. The van der Waals surface area contributed by atoms with Gasteiger partial charge < -0.3 is 19.1 Å². The monoisotopic (exact) mass is 608 g/mol. The maximum Gasteiger partial charge on any atom is 0.410 e. The van der Waals surface area contributed by atoms with Crippen molar-refractivity contribution in [2.75, 3.05) is 20.2 Å². The first-order valence-corrected chi connectivity index (χ1v) is 15.8. The van der Waals surface area contributed by atoms with E-state index < -0.39 is 39.6 Å². The summed E-state index contributed by atoms with van der Waals surface area (Å²) in [6.45, 7) is 6.04. The highest BCUT2D eigenvalue weighted by atomic mass is 32.2. The van der Waals surface area contributed by atoms with Crippen LogP contribution in [0.1, 0.15) is 44.7 Å². The number of benzene rings is 3. The standard InChI is InChI=1S/C33H40N2O7S/c1-33(2,3)42-32(37)34-21-19-27(20-22-34)30(31(36)41-24-26-13-9-6-10-14-26)35(23-25-11-7-5-8-12-25)43(38,39)29-17-15-28(40-4)16-18-29/h5-18,27,30H,19-24H2,1-4H3/t30-/m1/s1. The van der Waals surface area contributed by atoms with Crippen LogP contribution in [0.15, 0.2) is 89.8 Å². The van der Waals surface area contributed by atoms with Crippen molar-refractivity contribution in [2.24, 2.45) is 5.92 Å². The molecule has 0 radical (unpaired) electrons. The van der Waals surface area contributed by atoms with Crippen molar-refractivity contribution in [2.45, 2.75) is 63.3 Å². The Morgan fingerprint density at radius 3 is 1.98 bits per heavy atom. The summed E-state index contributed by atoms with van der Waals surface area (Å²) >= 11 is 0. The van der Waals surface area contributed by atoms with E-state index in [9.17, 15) is 18.0 Å². The number of piperidine rings is 1. The lowest BCUT2D eigenvalue weighted by molar-refractivity contribution is -0.152. The summed E-state index contributed by atoms with van der Waals surface area (Å²) in [5.74, 6) is -0.520. The third-order valence-corrected chi connectivity index (χ3v) is 9.10. The predicted molar refractivity (Wildman–Crippen MR) is 163 cm³/mol. The van der Waals surface area contributed by atoms with Crippen molar-refractivity contribution in [3.05, 3.63) is 96.1 Å². The molecule has 10 heteroatoms. The van der Waals surface area contributed by atoms with Crippen LogP contribution in [-0.4, -0.2) is 61.5 Å². The van der Waals surface area contributed by atoms with Gasteiger partial charge in [0.2, 0.25) is 10.0 Å². The third kappa shape index (κ3) is 8.58. The van der Waals surface area contributed by atoms with Gasteiger partial charge >= 0.3 is 12.1 Å². The Morgan fingerprint density at radius 2 is 1.44 bits per heavy atom. The molecule has 43 heavy (non-hydrogen) atoms. The minimum Gasteiger partial charge on any atom is -0.497 e. The lowest BCUT2D eigenvalue weighted by Crippen LogP contribution is -2.53. The number of carbonyl (C=O) groups excluding carboxylic acids is 2. The molecular formula is C33H40N2O7S. The number of hydrogen-bond donors (Lipinski definition) is 0. The topological polar surface area (TPSA) is 102 Å². The molecule has 0 saturated carbocycles. The van der Waals surface area contributed by atoms with E-state index >= 15 is 0 Å². The number of likely N-dealkylation sites (tertiary alicyclic amines) is 1. The molecule has 1 amide bonds. The van der Waals surface area contributed by atoms with Crippen LogP contribution < -0.4 is 4.74 Å². The van der Waals surface area contributed by atoms with Gasteiger partial charge in [-0.3, -0.25) is 4.79 Å². The van der Waals surface area contributed by atoms with Crippen LogP contribution in [0.4, 0.5) is 4.79 Å². The molecule has 0 spiro atoms. The first kappa shape index (κ1) is 32.0. The number of carbonyl (C=O) groups is 2. The average molecular weight is 609 g/mol. The molecule has 4 rings (SSSR count). The number of sulfonamides is 1. The summed E-state index contributed by atoms with van der Waals surface area (Å²) in [7, 11) is -2.68. The van der Waals surface area contributed by atoms with E-state index in [-0.39, 0.29) is 18.0 Å². The molecule has 1 aliphatic rings. The Kier molecular flexibility index (Phi) is 10.5. The van der Waals surface area contributed by atoms with Gasteiger partial charge in [-0.25, -0.2) is 13.2 Å². The minimum absolute atomic E-state index is 0.00862. The molecule has 1 fully saturated rings. The van der Waals surface area contributed by atoms with Gasteiger partial charge in [-0.05, 0) is 74.9 Å². The van der Waals surface area contributed by atoms with Gasteiger partial charge in [0.1, 0.15) is 24.0 Å². The van der Waals surface area contributed by atoms with Crippen molar-refractivity contribution in [3.8, 4) is 5.75 Å². The summed E-state index contributed by atoms with van der Waals surface area (Å²) in [4.78, 5) is 28.4. The van der Waals surface area contributed by atoms with Crippen molar-refractivity contribution < 1.29 is 32.2 Å². The lowest BCUT2D eigenvalue weighted by atomic mass is 9.89. The van der Waals surface area contributed by atoms with E-state index in [0.29, 0.717) is 31.7 Å². The normalized spacial score (nSPS) is 15.1. The zero-order chi connectivity index (χ0) is 31.0. The van der Waals surface area contributed by atoms with Gasteiger partial charge in [0.25, 0.3) is 0 Å². The Morgan fingerprint density at radius 1 is 0.884 bits per heavy atom. The van der Waals surface area contributed by atoms with Gasteiger partial charge in [-0.1, -0.05) is 60.7 Å². The van der Waals surface area contributed by atoms with Crippen LogP contribution in [0.5, 0.6) is 5.75 Å². The van der Waals surface area contributed by atoms with Crippen molar-refractivity contribution in [1.82, 2.24) is 9.21 Å². The summed E-state index contributed by atoms with van der Waals surface area (Å²) in [5, 5.41) is 0. The Hall–Kier alpha value is -3.89. The molecule has 0 bridgehead atoms. The van der Waals surface area contributed by atoms with Crippen molar-refractivity contribution >= 4 is 22.1 Å². The molecule has 0 aromatic heterocycles. The lowest BCUT2D eigenvalue weighted by Gasteiger charge is -2.39. The molecule has 9 nitrogen and oxygen atoms in total. The van der Waals surface area contributed by atoms with E-state index in [0.717, 1.165) is 11.1 Å². The van der Waals surface area contributed by atoms with Gasteiger partial charge in [0.05, 0.1) is 12.0 Å². The highest BCUT2D eigenvalue weighted by molar-refractivity contribution is 7.89. The van der Waals surface area contributed by atoms with E-state index in [1.165, 1.54) is 23.5 Å². The van der Waals surface area contributed by atoms with Crippen LogP contribution >= 0.6 is 0 Å². The van der Waals surface area contributed by atoms with Gasteiger partial charge in [0.15, 0.2) is 0 Å². The Labute approximate surface area is 254 Å². The third-order valence-electron chi connectivity index (χ3n) is 7.26. The first-order chi connectivity index (χ1) is 20.5. The molecular weight excluding hydrogens is 568 g/mol. The molecule has 1 aliphatic heterocycles. The number of nitrogens with zero attached hydrogens (tertiary/aromatic N) is 2. The van der Waals surface area contributed by atoms with Crippen LogP contribution in [0.2, 0.25) is 0 Å². The van der Waals surface area contributed by atoms with Crippen LogP contribution in [0.3, 0.4) is 0 Å². The van der Waals surface area contributed by atoms with Crippen LogP contribution in [-0.2, 0) is 37.4 Å². The van der Waals surface area contributed by atoms with E-state index in [2.05, 4.69) is 0 Å². The maximum atomic E-state index is 14.3. The van der Waals surface area contributed by atoms with E-state index in [4.69, 9.17) is 14.2 Å². The van der Waals surface area contributed by atoms with Crippen LogP contribution in [0, 0.1) is 5.92 Å². The molecule has 0 unspecified atom stereocenters. The second-order valence-corrected chi connectivity index (χ2v) is 13.4. The first-order valence-electron chi connectivity index (χ1n) is 14.4. The Balaban J connectivity index is 1.69. The van der Waals surface area contributed by atoms with Gasteiger partial charge in [0, 0.05) is 19.6 Å². The maximum absolute atomic E-state index is 14.3. The fourth-order valence-corrected chi connectivity index (χ4v) is 6.69. The van der Waals surface area contributed by atoms with Crippen molar-refractivity contribution in [3.63, 3.8) is 0 Å². The van der Waals surface area contributed by atoms with E-state index in [1.807, 2.05) is 81.4 Å². The highest BCUT2D eigenvalue weighted by Crippen LogP contribution is 2.32. The second-order valence-electron chi connectivity index (χ2n) is 11.6. The van der Waals surface area contributed by atoms with Crippen LogP contribution in [0.25, 0.3) is 0 Å². The smallest absolute Gasteiger partial charge is 0.410 e. The number of methoxy groups -OCH3 is 1. The largest absolute Gasteiger partial charge is 0.497 e. The summed E-state index contributed by atoms with van der Waals surface area (Å²) in [5.41, 5.74) is 0.880. The summed E-state index contributed by atoms with van der Waals surface area (Å²) < 4.78 is 46.5. The molecule has 0 aliphatic carbocycles. The quantitative estimate of drug-likeness (QED) is 0.274. The van der Waals surface area contributed by atoms with Gasteiger partial charge in [-0.15, -0.1) is 0 Å². The highest BCUT2D eigenvalue weighted by Gasteiger charge is 2.43. The Bertz CT molecular complexity index is 1450. The summed E-state index contributed by atoms with van der Waals surface area (Å²) in [6, 6.07) is 23.4. The predicted octanol–water partition coefficient (Wildman–Crippen LogP) is 5.65. The minimum atomic E-state index is -4.18. The molecule has 1 saturated heterocycles. The molecule has 1 heterocycles. The number of hydrogen-bond acceptors (Lipinski definition) is 7. The number of ether oxygens (including phenoxy) is 3. The molecule has 3 aromatic carbocycles. The molecule has 0 N–H and O–H groups in total. The zero-order valence-electron chi connectivity index (χ0n) is 25.1. The molecule has 230 valence electrons. The number of esters is 1. The number of rotatable bonds is 10. The fraction of sp³-hybridized carbons (Fsp3) is 0.394. The zero-order valence-corrected chi connectivity index (χ0v) is 26.0.